The Morgan fingerprint density at radius 3 is 2.82 bits per heavy atom. The summed E-state index contributed by atoms with van der Waals surface area (Å²) in [4.78, 5) is 11.5. The van der Waals surface area contributed by atoms with E-state index in [0.717, 1.165) is 22.0 Å². The Morgan fingerprint density at radius 1 is 1.23 bits per heavy atom. The predicted molar refractivity (Wildman–Crippen MR) is 83.8 cm³/mol. The second-order valence-electron chi connectivity index (χ2n) is 4.73. The van der Waals surface area contributed by atoms with E-state index < -0.39 is 5.91 Å². The molecule has 0 unspecified atom stereocenters. The third-order valence-electron chi connectivity index (χ3n) is 3.10. The van der Waals surface area contributed by atoms with Crippen LogP contribution >= 0.6 is 0 Å². The van der Waals surface area contributed by atoms with Gasteiger partial charge in [-0.3, -0.25) is 14.8 Å². The molecule has 1 aromatic carbocycles. The lowest BCUT2D eigenvalue weighted by Crippen LogP contribution is -2.10. The number of anilines is 1. The molecule has 22 heavy (non-hydrogen) atoms. The van der Waals surface area contributed by atoms with Crippen molar-refractivity contribution in [1.29, 1.82) is 0 Å². The minimum Gasteiger partial charge on any atom is -0.298 e. The Balaban J connectivity index is 1.98. The van der Waals surface area contributed by atoms with Gasteiger partial charge in [0.1, 0.15) is 0 Å². The number of aromatic nitrogens is 4. The maximum atomic E-state index is 11.5. The summed E-state index contributed by atoms with van der Waals surface area (Å²) in [5.41, 5.74) is 2.80. The summed E-state index contributed by atoms with van der Waals surface area (Å²) in [6.07, 6.45) is 3.74. The van der Waals surface area contributed by atoms with E-state index >= 15 is 0 Å². The summed E-state index contributed by atoms with van der Waals surface area (Å²) < 4.78 is 1.75. The van der Waals surface area contributed by atoms with Crippen LogP contribution in [0.15, 0.2) is 36.7 Å². The minimum absolute atomic E-state index is 0.378. The first-order valence-corrected chi connectivity index (χ1v) is 6.66. The number of fused-ring (bicyclic) bond motifs is 1. The first-order valence-electron chi connectivity index (χ1n) is 6.66. The normalized spacial score (nSPS) is 10.1. The first kappa shape index (κ1) is 13.8. The highest BCUT2D eigenvalue weighted by Crippen LogP contribution is 2.23. The minimum atomic E-state index is -0.403. The van der Waals surface area contributed by atoms with Crippen LogP contribution in [0.3, 0.4) is 0 Å². The third kappa shape index (κ3) is 2.79. The number of carbonyl (C=O) groups excluding carboxylic acids is 1. The molecule has 1 amide bonds. The van der Waals surface area contributed by atoms with Gasteiger partial charge in [-0.1, -0.05) is 12.0 Å². The smallest absolute Gasteiger partial charge is 0.298 e. The highest BCUT2D eigenvalue weighted by molar-refractivity contribution is 6.04. The fourth-order valence-corrected chi connectivity index (χ4v) is 2.12. The van der Waals surface area contributed by atoms with Gasteiger partial charge in [0.05, 0.1) is 11.7 Å². The van der Waals surface area contributed by atoms with Crippen LogP contribution in [0.2, 0.25) is 0 Å². The number of rotatable bonds is 2. The van der Waals surface area contributed by atoms with Crippen LogP contribution < -0.4 is 5.32 Å². The van der Waals surface area contributed by atoms with Gasteiger partial charge in [-0.2, -0.15) is 5.10 Å². The van der Waals surface area contributed by atoms with E-state index in [-0.39, 0.29) is 0 Å². The van der Waals surface area contributed by atoms with Crippen molar-refractivity contribution in [3.8, 4) is 23.0 Å². The Kier molecular flexibility index (Phi) is 3.54. The molecule has 2 heterocycles. The third-order valence-corrected chi connectivity index (χ3v) is 3.10. The molecule has 2 aromatic heterocycles. The van der Waals surface area contributed by atoms with E-state index in [9.17, 15) is 4.79 Å². The summed E-state index contributed by atoms with van der Waals surface area (Å²) >= 11 is 0. The Morgan fingerprint density at radius 2 is 2.09 bits per heavy atom. The molecule has 0 saturated carbocycles. The molecule has 6 nitrogen and oxygen atoms in total. The SMILES string of the molecule is CC#CC(=O)Nc1cc2cc(-c3cnn(C)c3)ccc2nn1. The van der Waals surface area contributed by atoms with Crippen LogP contribution in [0.4, 0.5) is 5.82 Å². The average Bonchev–Trinajstić information content (AvgIpc) is 2.93. The first-order chi connectivity index (χ1) is 10.7. The number of hydrogen-bond donors (Lipinski definition) is 1. The van der Waals surface area contributed by atoms with E-state index in [1.807, 2.05) is 31.4 Å². The lowest BCUT2D eigenvalue weighted by molar-refractivity contribution is -0.111. The van der Waals surface area contributed by atoms with Crippen LogP contribution in [-0.2, 0) is 11.8 Å². The van der Waals surface area contributed by atoms with Gasteiger partial charge in [-0.15, -0.1) is 10.2 Å². The monoisotopic (exact) mass is 291 g/mol. The van der Waals surface area contributed by atoms with Crippen molar-refractivity contribution in [3.63, 3.8) is 0 Å². The summed E-state index contributed by atoms with van der Waals surface area (Å²) in [5, 5.41) is 15.7. The van der Waals surface area contributed by atoms with E-state index in [1.165, 1.54) is 0 Å². The second-order valence-corrected chi connectivity index (χ2v) is 4.73. The van der Waals surface area contributed by atoms with Crippen LogP contribution in [-0.4, -0.2) is 25.9 Å². The maximum absolute atomic E-state index is 11.5. The molecule has 0 spiro atoms. The van der Waals surface area contributed by atoms with E-state index in [1.54, 1.807) is 23.9 Å². The van der Waals surface area contributed by atoms with Crippen molar-refractivity contribution in [2.24, 2.45) is 7.05 Å². The molecular formula is C16H13N5O. The molecule has 0 radical (unpaired) electrons. The van der Waals surface area contributed by atoms with Gasteiger partial charge in [0, 0.05) is 24.2 Å². The number of benzene rings is 1. The number of hydrogen-bond acceptors (Lipinski definition) is 4. The molecule has 0 aliphatic heterocycles. The summed E-state index contributed by atoms with van der Waals surface area (Å²) in [7, 11) is 1.87. The largest absolute Gasteiger partial charge is 0.301 e. The second kappa shape index (κ2) is 5.66. The molecule has 6 heteroatoms. The molecule has 3 rings (SSSR count). The van der Waals surface area contributed by atoms with Gasteiger partial charge in [0.25, 0.3) is 0 Å². The topological polar surface area (TPSA) is 72.7 Å². The van der Waals surface area contributed by atoms with Gasteiger partial charge in [0.2, 0.25) is 0 Å². The van der Waals surface area contributed by atoms with Crippen LogP contribution in [0.1, 0.15) is 6.92 Å². The van der Waals surface area contributed by atoms with Crippen LogP contribution in [0.25, 0.3) is 22.0 Å². The van der Waals surface area contributed by atoms with Crippen LogP contribution in [0.5, 0.6) is 0 Å². The highest BCUT2D eigenvalue weighted by Gasteiger charge is 2.06. The standard InChI is InChI=1S/C16H13N5O/c1-3-4-16(22)18-15-8-12-7-11(5-6-14(12)19-20-15)13-9-17-21(2)10-13/h5-10H,1-2H3,(H,18,20,22). The van der Waals surface area contributed by atoms with Crippen molar-refractivity contribution >= 4 is 22.6 Å². The summed E-state index contributed by atoms with van der Waals surface area (Å²) in [5.74, 6) is 4.92. The van der Waals surface area contributed by atoms with Gasteiger partial charge < -0.3 is 0 Å². The van der Waals surface area contributed by atoms with Gasteiger partial charge in [-0.05, 0) is 36.6 Å². The average molecular weight is 291 g/mol. The number of nitrogens with one attached hydrogen (secondary N) is 1. The molecule has 108 valence electrons. The Hall–Kier alpha value is -3.20. The molecule has 0 aliphatic carbocycles. The molecule has 3 aromatic rings. The molecule has 0 atom stereocenters. The lowest BCUT2D eigenvalue weighted by atomic mass is 10.1. The number of amides is 1. The summed E-state index contributed by atoms with van der Waals surface area (Å²) in [6, 6.07) is 7.62. The predicted octanol–water partition coefficient (Wildman–Crippen LogP) is 1.99. The number of aryl methyl sites for hydroxylation is 1. The van der Waals surface area contributed by atoms with Gasteiger partial charge in [-0.25, -0.2) is 0 Å². The molecule has 0 bridgehead atoms. The molecule has 0 saturated heterocycles. The van der Waals surface area contributed by atoms with E-state index in [0.29, 0.717) is 5.82 Å². The lowest BCUT2D eigenvalue weighted by Gasteiger charge is -2.03. The molecule has 0 aliphatic rings. The fourth-order valence-electron chi connectivity index (χ4n) is 2.12. The Labute approximate surface area is 127 Å². The fraction of sp³-hybridized carbons (Fsp3) is 0.125. The van der Waals surface area contributed by atoms with Crippen molar-refractivity contribution in [2.75, 3.05) is 5.32 Å². The zero-order valence-corrected chi connectivity index (χ0v) is 12.2. The van der Waals surface area contributed by atoms with E-state index in [4.69, 9.17) is 0 Å². The molecular weight excluding hydrogens is 278 g/mol. The molecule has 1 N–H and O–H groups in total. The number of nitrogens with zero attached hydrogens (tertiary/aromatic N) is 4. The van der Waals surface area contributed by atoms with Crippen molar-refractivity contribution in [1.82, 2.24) is 20.0 Å². The summed E-state index contributed by atoms with van der Waals surface area (Å²) in [6.45, 7) is 1.60. The van der Waals surface area contributed by atoms with Crippen molar-refractivity contribution in [3.05, 3.63) is 36.7 Å². The van der Waals surface area contributed by atoms with Gasteiger partial charge in [0.15, 0.2) is 5.82 Å². The highest BCUT2D eigenvalue weighted by atomic mass is 16.1. The van der Waals surface area contributed by atoms with Crippen molar-refractivity contribution in [2.45, 2.75) is 6.92 Å². The van der Waals surface area contributed by atoms with Gasteiger partial charge >= 0.3 is 5.91 Å². The number of carbonyl (C=O) groups is 1. The zero-order chi connectivity index (χ0) is 15.5. The molecule has 0 fully saturated rings. The van der Waals surface area contributed by atoms with Crippen molar-refractivity contribution < 1.29 is 4.79 Å². The van der Waals surface area contributed by atoms with E-state index in [2.05, 4.69) is 32.5 Å². The Bertz CT molecular complexity index is 917. The maximum Gasteiger partial charge on any atom is 0.301 e. The van der Waals surface area contributed by atoms with Crippen LogP contribution in [0, 0.1) is 11.8 Å². The zero-order valence-electron chi connectivity index (χ0n) is 12.2. The quantitative estimate of drug-likeness (QED) is 0.733.